The number of hydrogen-bond donors (Lipinski definition) is 0. The quantitative estimate of drug-likeness (QED) is 0.397. The van der Waals surface area contributed by atoms with Crippen LogP contribution in [0, 0.1) is 7.43 Å². The molecule has 2 rings (SSSR count). The molecule has 0 aliphatic carbocycles. The smallest absolute Gasteiger partial charge is 0.693 e. The monoisotopic (exact) mass is 479 g/mol. The van der Waals surface area contributed by atoms with Crippen LogP contribution in [0.4, 0.5) is 0 Å². The Hall–Kier alpha value is 0.579. The van der Waals surface area contributed by atoms with Gasteiger partial charge < -0.3 is 32.2 Å². The van der Waals surface area contributed by atoms with Crippen molar-refractivity contribution in [2.45, 2.75) is 77.8 Å². The number of rotatable bonds is 0. The van der Waals surface area contributed by atoms with Gasteiger partial charge >= 0.3 is 35.5 Å². The summed E-state index contributed by atoms with van der Waals surface area (Å²) in [6, 6.07) is 0. The molecule has 8 heteroatoms. The van der Waals surface area contributed by atoms with Crippen molar-refractivity contribution in [3.63, 3.8) is 0 Å². The van der Waals surface area contributed by atoms with Gasteiger partial charge in [0, 0.05) is 0 Å². The van der Waals surface area contributed by atoms with E-state index in [1.54, 1.807) is 0 Å². The third kappa shape index (κ3) is 5.94. The molecule has 0 saturated carbocycles. The standard InChI is InChI=1S/2C6H12BO2.CH3.Ir.H2N.H/c2*1-5(2)6(3,4)9-7-8-5;;;;/h2*1-4H3;1H3;;1H2;/q;;-1;+2;-1;. The van der Waals surface area contributed by atoms with Crippen LogP contribution in [0.2, 0.25) is 0 Å². The van der Waals surface area contributed by atoms with Gasteiger partial charge in [0.15, 0.2) is 0 Å². The van der Waals surface area contributed by atoms with Crippen LogP contribution < -0.4 is 0 Å². The number of hydrogen-bond acceptors (Lipinski definition) is 4. The Labute approximate surface area is 145 Å². The molecule has 0 aromatic rings. The summed E-state index contributed by atoms with van der Waals surface area (Å²) in [4.78, 5) is 0. The van der Waals surface area contributed by atoms with Crippen LogP contribution in [0.15, 0.2) is 0 Å². The van der Waals surface area contributed by atoms with E-state index in [0.717, 1.165) is 0 Å². The van der Waals surface area contributed by atoms with E-state index < -0.39 is 0 Å². The molecule has 0 amide bonds. The zero-order valence-corrected chi connectivity index (χ0v) is 17.3. The molecule has 2 heterocycles. The fourth-order valence-electron chi connectivity index (χ4n) is 1.10. The molecule has 2 aliphatic heterocycles. The minimum atomic E-state index is -0.188. The predicted octanol–water partition coefficient (Wildman–Crippen LogP) is 3.15. The van der Waals surface area contributed by atoms with Gasteiger partial charge in [-0.15, -0.1) is 0 Å². The molecule has 0 aromatic heterocycles. The summed E-state index contributed by atoms with van der Waals surface area (Å²) >= 11 is 0. The van der Waals surface area contributed by atoms with Crippen molar-refractivity contribution in [3.8, 4) is 0 Å². The third-order valence-corrected chi connectivity index (χ3v) is 4.27. The minimum absolute atomic E-state index is 0. The van der Waals surface area contributed by atoms with Gasteiger partial charge in [-0.3, -0.25) is 0 Å². The van der Waals surface area contributed by atoms with Gasteiger partial charge in [0.2, 0.25) is 0 Å². The van der Waals surface area contributed by atoms with E-state index >= 15 is 0 Å². The average Bonchev–Trinajstić information content (AvgIpc) is 2.51. The van der Waals surface area contributed by atoms with Gasteiger partial charge in [0.25, 0.3) is 0 Å². The summed E-state index contributed by atoms with van der Waals surface area (Å²) < 4.78 is 20.8. The minimum Gasteiger partial charge on any atom is -0.693 e. The van der Waals surface area contributed by atoms with E-state index in [2.05, 4.69) is 0 Å². The van der Waals surface area contributed by atoms with Gasteiger partial charge in [0.05, 0.1) is 22.4 Å². The van der Waals surface area contributed by atoms with E-state index in [-0.39, 0.29) is 56.1 Å². The second kappa shape index (κ2) is 8.44. The first-order chi connectivity index (χ1) is 7.91. The van der Waals surface area contributed by atoms with Gasteiger partial charge in [-0.05, 0) is 55.4 Å². The Kier molecular flexibility index (Phi) is 10.6. The summed E-state index contributed by atoms with van der Waals surface area (Å²) in [6.07, 6.45) is 0. The maximum absolute atomic E-state index is 5.21. The zero-order valence-electron chi connectivity index (χ0n) is 14.7. The molecule has 126 valence electrons. The Morgan fingerprint density at radius 1 is 0.524 bits per heavy atom. The first kappa shape index (κ1) is 26.5. The second-order valence-electron chi connectivity index (χ2n) is 6.71. The second-order valence-corrected chi connectivity index (χ2v) is 6.71. The fourth-order valence-corrected chi connectivity index (χ4v) is 1.10. The Morgan fingerprint density at radius 2 is 0.667 bits per heavy atom. The van der Waals surface area contributed by atoms with Crippen LogP contribution in [0.5, 0.6) is 0 Å². The Morgan fingerprint density at radius 3 is 0.714 bits per heavy atom. The molecule has 2 saturated heterocycles. The van der Waals surface area contributed by atoms with E-state index in [0.29, 0.717) is 0 Å². The van der Waals surface area contributed by atoms with Crippen LogP contribution in [0.25, 0.3) is 6.15 Å². The molecule has 0 spiro atoms. The van der Waals surface area contributed by atoms with Crippen molar-refractivity contribution in [1.82, 2.24) is 0 Å². The maximum Gasteiger partial charge on any atom is -0.693 e. The Bertz CT molecular complexity index is 255. The molecule has 5 nitrogen and oxygen atoms in total. The zero-order chi connectivity index (χ0) is 14.2. The van der Waals surface area contributed by atoms with E-state index in [9.17, 15) is 0 Å². The first-order valence-electron chi connectivity index (χ1n) is 6.26. The number of nitrogens with two attached hydrogens (primary N) is 1. The Balaban J connectivity index is -0.000000270. The third-order valence-electron chi connectivity index (χ3n) is 4.27. The summed E-state index contributed by atoms with van der Waals surface area (Å²) in [5, 5.41) is 0. The van der Waals surface area contributed by atoms with Crippen molar-refractivity contribution in [2.75, 3.05) is 0 Å². The molecule has 0 bridgehead atoms. The average molecular weight is 478 g/mol. The van der Waals surface area contributed by atoms with Crippen LogP contribution in [0.3, 0.4) is 0 Å². The summed E-state index contributed by atoms with van der Waals surface area (Å²) in [5.74, 6) is 0. The van der Waals surface area contributed by atoms with Crippen molar-refractivity contribution in [3.05, 3.63) is 13.6 Å². The van der Waals surface area contributed by atoms with Gasteiger partial charge in [-0.25, -0.2) is 0 Å². The normalized spacial score (nSPS) is 25.5. The molecular formula is C13H30B2IrNO4. The van der Waals surface area contributed by atoms with Crippen LogP contribution in [0.1, 0.15) is 55.4 Å². The van der Waals surface area contributed by atoms with Crippen molar-refractivity contribution in [2.24, 2.45) is 0 Å². The van der Waals surface area contributed by atoms with E-state index in [1.165, 1.54) is 15.4 Å². The predicted molar refractivity (Wildman–Crippen MR) is 85.3 cm³/mol. The maximum atomic E-state index is 5.21. The van der Waals surface area contributed by atoms with Crippen molar-refractivity contribution < 1.29 is 38.7 Å². The SMILES string of the molecule is CC1(C)O[B]OC1(C)C.CC1(C)O[B]OC1(C)C.[CH3-].[IrH+2].[NH2-]. The van der Waals surface area contributed by atoms with Gasteiger partial charge in [0.1, 0.15) is 0 Å². The van der Waals surface area contributed by atoms with Crippen LogP contribution in [-0.4, -0.2) is 37.8 Å². The molecular weight excluding hydrogens is 448 g/mol. The summed E-state index contributed by atoms with van der Waals surface area (Å²) in [7, 11) is 2.83. The van der Waals surface area contributed by atoms with Gasteiger partial charge in [-0.2, -0.15) is 0 Å². The first-order valence-corrected chi connectivity index (χ1v) is 6.26. The molecule has 2 aliphatic rings. The molecule has 21 heavy (non-hydrogen) atoms. The molecule has 2 fully saturated rings. The van der Waals surface area contributed by atoms with Gasteiger partial charge in [-0.1, -0.05) is 0 Å². The molecule has 0 aromatic carbocycles. The van der Waals surface area contributed by atoms with Crippen molar-refractivity contribution >= 4 is 15.4 Å². The molecule has 0 unspecified atom stereocenters. The van der Waals surface area contributed by atoms with E-state index in [1.807, 2.05) is 55.4 Å². The molecule has 0 atom stereocenters. The van der Waals surface area contributed by atoms with Crippen LogP contribution in [-0.2, 0) is 38.7 Å². The molecule has 3 radical (unpaired) electrons. The molecule has 2 N–H and O–H groups in total. The van der Waals surface area contributed by atoms with Crippen LogP contribution >= 0.6 is 0 Å². The fraction of sp³-hybridized carbons (Fsp3) is 0.923. The topological polar surface area (TPSA) is 70.4 Å². The van der Waals surface area contributed by atoms with Crippen molar-refractivity contribution in [1.29, 1.82) is 0 Å². The largest absolute Gasteiger partial charge is 0.693 e. The summed E-state index contributed by atoms with van der Waals surface area (Å²) in [5.41, 5.74) is -0.750. The summed E-state index contributed by atoms with van der Waals surface area (Å²) in [6.45, 7) is 16.1. The van der Waals surface area contributed by atoms with E-state index in [4.69, 9.17) is 18.6 Å².